The Morgan fingerprint density at radius 1 is 1.04 bits per heavy atom. The van der Waals surface area contributed by atoms with Gasteiger partial charge in [0.2, 0.25) is 5.91 Å². The number of carbonyl (C=O) groups excluding carboxylic acids is 2. The molecule has 1 heterocycles. The Balaban J connectivity index is 1.64. The third-order valence-corrected chi connectivity index (χ3v) is 4.75. The summed E-state index contributed by atoms with van der Waals surface area (Å²) in [5.41, 5.74) is 1.89. The maximum absolute atomic E-state index is 12.1. The number of hydrogen-bond acceptors (Lipinski definition) is 4. The largest absolute Gasteiger partial charge is 0.329 e. The van der Waals surface area contributed by atoms with Crippen molar-refractivity contribution in [1.29, 1.82) is 0 Å². The van der Waals surface area contributed by atoms with E-state index < -0.39 is 16.1 Å². The summed E-state index contributed by atoms with van der Waals surface area (Å²) >= 11 is 0. The number of amides is 3. The molecule has 0 unspecified atom stereocenters. The second-order valence-electron chi connectivity index (χ2n) is 5.70. The van der Waals surface area contributed by atoms with Gasteiger partial charge >= 0.3 is 6.03 Å². The summed E-state index contributed by atoms with van der Waals surface area (Å²) in [4.78, 5) is 24.2. The van der Waals surface area contributed by atoms with E-state index in [4.69, 9.17) is 0 Å². The molecule has 1 fully saturated rings. The zero-order valence-corrected chi connectivity index (χ0v) is 14.6. The molecule has 0 bridgehead atoms. The van der Waals surface area contributed by atoms with Crippen molar-refractivity contribution in [3.63, 3.8) is 0 Å². The minimum atomic E-state index is -3.64. The Bertz CT molecular complexity index is 922. The molecular weight excluding hydrogens is 354 g/mol. The number of imide groups is 1. The maximum atomic E-state index is 12.1. The van der Waals surface area contributed by atoms with Crippen LogP contribution in [0.1, 0.15) is 11.1 Å². The SMILES string of the molecule is O=C1CNC(=O)N1Cc1ccc(NS(=O)(=O)C=Cc2ccccc2)cc1. The van der Waals surface area contributed by atoms with E-state index in [0.29, 0.717) is 5.69 Å². The predicted octanol–water partition coefficient (Wildman–Crippen LogP) is 2.15. The normalized spacial score (nSPS) is 14.7. The third kappa shape index (κ3) is 4.48. The lowest BCUT2D eigenvalue weighted by Gasteiger charge is -2.12. The van der Waals surface area contributed by atoms with Crippen LogP contribution in [0, 0.1) is 0 Å². The smallest absolute Gasteiger partial charge is 0.324 e. The second kappa shape index (κ2) is 7.40. The molecule has 0 aliphatic carbocycles. The molecule has 8 heteroatoms. The Hall–Kier alpha value is -3.13. The molecule has 3 rings (SSSR count). The molecular formula is C18H17N3O4S. The maximum Gasteiger partial charge on any atom is 0.324 e. The van der Waals surface area contributed by atoms with Gasteiger partial charge in [-0.3, -0.25) is 14.4 Å². The molecule has 7 nitrogen and oxygen atoms in total. The Morgan fingerprint density at radius 3 is 2.35 bits per heavy atom. The number of benzene rings is 2. The van der Waals surface area contributed by atoms with Crippen LogP contribution in [0.4, 0.5) is 10.5 Å². The Morgan fingerprint density at radius 2 is 1.73 bits per heavy atom. The first-order chi connectivity index (χ1) is 12.4. The van der Waals surface area contributed by atoms with Crippen LogP contribution >= 0.6 is 0 Å². The van der Waals surface area contributed by atoms with Gasteiger partial charge in [-0.15, -0.1) is 0 Å². The number of urea groups is 1. The van der Waals surface area contributed by atoms with Gasteiger partial charge in [0.15, 0.2) is 0 Å². The first kappa shape index (κ1) is 17.7. The number of sulfonamides is 1. The van der Waals surface area contributed by atoms with E-state index in [0.717, 1.165) is 21.4 Å². The second-order valence-corrected chi connectivity index (χ2v) is 7.26. The molecule has 2 aromatic carbocycles. The molecule has 2 aromatic rings. The van der Waals surface area contributed by atoms with Gasteiger partial charge in [0.1, 0.15) is 0 Å². The minimum absolute atomic E-state index is 0.00443. The van der Waals surface area contributed by atoms with Crippen LogP contribution in [-0.2, 0) is 21.4 Å². The summed E-state index contributed by atoms with van der Waals surface area (Å²) in [6.45, 7) is 0.149. The van der Waals surface area contributed by atoms with Gasteiger partial charge < -0.3 is 5.32 Å². The number of hydrogen-bond donors (Lipinski definition) is 2. The van der Waals surface area contributed by atoms with Crippen LogP contribution in [0.15, 0.2) is 60.0 Å². The van der Waals surface area contributed by atoms with Crippen LogP contribution < -0.4 is 10.0 Å². The summed E-state index contributed by atoms with van der Waals surface area (Å²) in [7, 11) is -3.64. The van der Waals surface area contributed by atoms with E-state index in [9.17, 15) is 18.0 Å². The third-order valence-electron chi connectivity index (χ3n) is 3.73. The monoisotopic (exact) mass is 371 g/mol. The predicted molar refractivity (Wildman–Crippen MR) is 98.4 cm³/mol. The summed E-state index contributed by atoms with van der Waals surface area (Å²) in [5.74, 6) is -0.286. The van der Waals surface area contributed by atoms with E-state index in [2.05, 4.69) is 10.0 Å². The van der Waals surface area contributed by atoms with Gasteiger partial charge in [0.05, 0.1) is 18.5 Å². The van der Waals surface area contributed by atoms with Gasteiger partial charge in [-0.05, 0) is 29.3 Å². The fourth-order valence-corrected chi connectivity index (χ4v) is 3.28. The van der Waals surface area contributed by atoms with Gasteiger partial charge in [-0.2, -0.15) is 0 Å². The number of nitrogens with zero attached hydrogens (tertiary/aromatic N) is 1. The molecule has 0 spiro atoms. The molecule has 1 aliphatic heterocycles. The molecule has 134 valence electrons. The lowest BCUT2D eigenvalue weighted by Crippen LogP contribution is -2.30. The van der Waals surface area contributed by atoms with Crippen LogP contribution in [0.3, 0.4) is 0 Å². The summed E-state index contributed by atoms with van der Waals surface area (Å²) in [6.07, 6.45) is 1.51. The zero-order chi connectivity index (χ0) is 18.6. The van der Waals surface area contributed by atoms with Crippen molar-refractivity contribution in [3.05, 3.63) is 71.1 Å². The van der Waals surface area contributed by atoms with E-state index in [1.54, 1.807) is 36.4 Å². The first-order valence-electron chi connectivity index (χ1n) is 7.86. The van der Waals surface area contributed by atoms with E-state index in [1.165, 1.54) is 6.08 Å². The van der Waals surface area contributed by atoms with Crippen LogP contribution in [0.2, 0.25) is 0 Å². The molecule has 0 atom stereocenters. The molecule has 2 N–H and O–H groups in total. The first-order valence-corrected chi connectivity index (χ1v) is 9.41. The van der Waals surface area contributed by atoms with Crippen LogP contribution in [-0.4, -0.2) is 31.8 Å². The fraction of sp³-hybridized carbons (Fsp3) is 0.111. The molecule has 0 radical (unpaired) electrons. The van der Waals surface area contributed by atoms with E-state index in [-0.39, 0.29) is 19.0 Å². The lowest BCUT2D eigenvalue weighted by atomic mass is 10.2. The topological polar surface area (TPSA) is 95.6 Å². The summed E-state index contributed by atoms with van der Waals surface area (Å²) in [5, 5.41) is 3.55. The van der Waals surface area contributed by atoms with Gasteiger partial charge in [0, 0.05) is 5.69 Å². The van der Waals surface area contributed by atoms with E-state index in [1.807, 2.05) is 18.2 Å². The summed E-state index contributed by atoms with van der Waals surface area (Å²) < 4.78 is 26.7. The molecule has 26 heavy (non-hydrogen) atoms. The van der Waals surface area contributed by atoms with Crippen molar-refractivity contribution < 1.29 is 18.0 Å². The summed E-state index contributed by atoms with van der Waals surface area (Å²) in [6, 6.07) is 15.2. The molecule has 1 saturated heterocycles. The molecule has 0 aromatic heterocycles. The highest BCUT2D eigenvalue weighted by atomic mass is 32.2. The van der Waals surface area contributed by atoms with Gasteiger partial charge in [-0.25, -0.2) is 13.2 Å². The molecule has 1 aliphatic rings. The standard InChI is InChI=1S/C18H17N3O4S/c22-17-12-19-18(23)21(17)13-15-6-8-16(9-7-15)20-26(24,25)11-10-14-4-2-1-3-5-14/h1-11,20H,12-13H2,(H,19,23). The number of nitrogens with one attached hydrogen (secondary N) is 2. The number of carbonyl (C=O) groups is 2. The van der Waals surface area contributed by atoms with Crippen molar-refractivity contribution in [2.45, 2.75) is 6.54 Å². The van der Waals surface area contributed by atoms with Crippen molar-refractivity contribution in [3.8, 4) is 0 Å². The Kier molecular flexibility index (Phi) is 5.04. The zero-order valence-electron chi connectivity index (χ0n) is 13.8. The van der Waals surface area contributed by atoms with Crippen LogP contribution in [0.25, 0.3) is 6.08 Å². The highest BCUT2D eigenvalue weighted by Gasteiger charge is 2.28. The minimum Gasteiger partial charge on any atom is -0.329 e. The van der Waals surface area contributed by atoms with Crippen molar-refractivity contribution in [2.75, 3.05) is 11.3 Å². The van der Waals surface area contributed by atoms with Crippen molar-refractivity contribution in [1.82, 2.24) is 10.2 Å². The molecule has 3 amide bonds. The van der Waals surface area contributed by atoms with Gasteiger partial charge in [0.25, 0.3) is 10.0 Å². The van der Waals surface area contributed by atoms with E-state index >= 15 is 0 Å². The van der Waals surface area contributed by atoms with Crippen molar-refractivity contribution in [2.24, 2.45) is 0 Å². The average molecular weight is 371 g/mol. The Labute approximate surface area is 151 Å². The van der Waals surface area contributed by atoms with Crippen molar-refractivity contribution >= 4 is 33.7 Å². The fourth-order valence-electron chi connectivity index (χ4n) is 2.41. The highest BCUT2D eigenvalue weighted by Crippen LogP contribution is 2.15. The van der Waals surface area contributed by atoms with Crippen LogP contribution in [0.5, 0.6) is 0 Å². The van der Waals surface area contributed by atoms with Gasteiger partial charge in [-0.1, -0.05) is 42.5 Å². The quantitative estimate of drug-likeness (QED) is 0.761. The highest BCUT2D eigenvalue weighted by molar-refractivity contribution is 7.95. The number of anilines is 1. The lowest BCUT2D eigenvalue weighted by molar-refractivity contribution is -0.125. The average Bonchev–Trinajstić information content (AvgIpc) is 2.94. The molecule has 0 saturated carbocycles. The number of rotatable bonds is 6.